The van der Waals surface area contributed by atoms with E-state index in [0.717, 1.165) is 51.4 Å². The summed E-state index contributed by atoms with van der Waals surface area (Å²) in [6.45, 7) is 5.87. The fourth-order valence-corrected chi connectivity index (χ4v) is 2.77. The lowest BCUT2D eigenvalue weighted by atomic mass is 9.93. The van der Waals surface area contributed by atoms with Gasteiger partial charge in [-0.25, -0.2) is 0 Å². The zero-order chi connectivity index (χ0) is 16.6. The largest absolute Gasteiger partial charge is 0.481 e. The van der Waals surface area contributed by atoms with Crippen LogP contribution < -0.4 is 0 Å². The maximum Gasteiger partial charge on any atom is 0.306 e. The van der Waals surface area contributed by atoms with Crippen molar-refractivity contribution in [2.24, 2.45) is 5.92 Å². The molecule has 0 rings (SSSR count). The normalized spacial score (nSPS) is 13.7. The van der Waals surface area contributed by atoms with Gasteiger partial charge in [0.2, 0.25) is 0 Å². The minimum absolute atomic E-state index is 0.287. The number of carboxylic acid groups (broad SMARTS) is 1. The lowest BCUT2D eigenvalue weighted by Crippen LogP contribution is -2.17. The Balaban J connectivity index is 3.75. The number of aliphatic hydroxyl groups is 1. The van der Waals surface area contributed by atoms with Gasteiger partial charge in [-0.2, -0.15) is 0 Å². The van der Waals surface area contributed by atoms with Gasteiger partial charge in [0.1, 0.15) is 0 Å². The second-order valence-electron chi connectivity index (χ2n) is 6.40. The molecule has 0 spiro atoms. The van der Waals surface area contributed by atoms with Crippen LogP contribution >= 0.6 is 0 Å². The molecule has 3 nitrogen and oxygen atoms in total. The molecular formula is C19H36O3. The molecule has 2 N–H and O–H groups in total. The highest BCUT2D eigenvalue weighted by atomic mass is 16.4. The second-order valence-corrected chi connectivity index (χ2v) is 6.40. The third-order valence-electron chi connectivity index (χ3n) is 4.30. The highest BCUT2D eigenvalue weighted by molar-refractivity contribution is 5.69. The molecule has 0 saturated heterocycles. The molecule has 22 heavy (non-hydrogen) atoms. The summed E-state index contributed by atoms with van der Waals surface area (Å²) in [7, 11) is 0. The third-order valence-corrected chi connectivity index (χ3v) is 4.30. The van der Waals surface area contributed by atoms with E-state index in [1.807, 2.05) is 6.08 Å². The molecule has 0 amide bonds. The summed E-state index contributed by atoms with van der Waals surface area (Å²) in [5, 5.41) is 19.2. The van der Waals surface area contributed by atoms with E-state index in [2.05, 4.69) is 13.5 Å². The van der Waals surface area contributed by atoms with Gasteiger partial charge in [0, 0.05) is 0 Å². The zero-order valence-electron chi connectivity index (χ0n) is 14.4. The molecule has 0 aliphatic rings. The van der Waals surface area contributed by atoms with E-state index >= 15 is 0 Å². The van der Waals surface area contributed by atoms with Gasteiger partial charge >= 0.3 is 5.97 Å². The van der Waals surface area contributed by atoms with Crippen LogP contribution in [0.2, 0.25) is 0 Å². The number of rotatable bonds is 16. The monoisotopic (exact) mass is 312 g/mol. The first kappa shape index (κ1) is 21.2. The van der Waals surface area contributed by atoms with Gasteiger partial charge in [0.05, 0.1) is 12.0 Å². The summed E-state index contributed by atoms with van der Waals surface area (Å²) >= 11 is 0. The molecule has 3 heteroatoms. The van der Waals surface area contributed by atoms with Gasteiger partial charge in [0.15, 0.2) is 0 Å². The zero-order valence-corrected chi connectivity index (χ0v) is 14.4. The number of carbonyl (C=O) groups is 1. The van der Waals surface area contributed by atoms with Gasteiger partial charge in [-0.3, -0.25) is 4.79 Å². The standard InChI is InChI=1S/C19H36O3/c1-3-5-7-9-10-11-13-17(19(21)22)15-16-18(20)14-12-8-6-4-2/h3,17-18,20H,1,4-16H2,2H3,(H,21,22). The fourth-order valence-electron chi connectivity index (χ4n) is 2.77. The summed E-state index contributed by atoms with van der Waals surface area (Å²) in [4.78, 5) is 11.3. The van der Waals surface area contributed by atoms with Crippen molar-refractivity contribution >= 4 is 5.97 Å². The minimum atomic E-state index is -0.704. The second kappa shape index (κ2) is 15.1. The van der Waals surface area contributed by atoms with Crippen molar-refractivity contribution in [3.8, 4) is 0 Å². The van der Waals surface area contributed by atoms with Crippen LogP contribution in [0.4, 0.5) is 0 Å². The first-order valence-corrected chi connectivity index (χ1v) is 9.13. The Morgan fingerprint density at radius 3 is 2.23 bits per heavy atom. The molecule has 2 unspecified atom stereocenters. The first-order valence-electron chi connectivity index (χ1n) is 9.13. The van der Waals surface area contributed by atoms with Crippen LogP contribution in [0, 0.1) is 5.92 Å². The summed E-state index contributed by atoms with van der Waals surface area (Å²) in [6.07, 6.45) is 14.4. The molecule has 0 saturated carbocycles. The van der Waals surface area contributed by atoms with E-state index in [1.165, 1.54) is 19.3 Å². The Labute approximate surface area is 136 Å². The maximum absolute atomic E-state index is 11.3. The van der Waals surface area contributed by atoms with Crippen molar-refractivity contribution in [2.45, 2.75) is 96.5 Å². The number of aliphatic carboxylic acids is 1. The lowest BCUT2D eigenvalue weighted by molar-refractivity contribution is -0.142. The Hall–Kier alpha value is -0.830. The van der Waals surface area contributed by atoms with Crippen molar-refractivity contribution in [1.29, 1.82) is 0 Å². The van der Waals surface area contributed by atoms with Crippen LogP contribution in [-0.4, -0.2) is 22.3 Å². The Kier molecular flexibility index (Phi) is 14.5. The number of hydrogen-bond acceptors (Lipinski definition) is 2. The number of allylic oxidation sites excluding steroid dienone is 1. The molecule has 0 aliphatic heterocycles. The summed E-state index contributed by atoms with van der Waals surface area (Å²) in [6, 6.07) is 0. The molecule has 2 atom stereocenters. The molecule has 0 radical (unpaired) electrons. The van der Waals surface area contributed by atoms with Crippen molar-refractivity contribution in [1.82, 2.24) is 0 Å². The van der Waals surface area contributed by atoms with E-state index < -0.39 is 5.97 Å². The number of aliphatic hydroxyl groups excluding tert-OH is 1. The predicted octanol–water partition coefficient (Wildman–Crippen LogP) is 5.33. The number of hydrogen-bond donors (Lipinski definition) is 2. The van der Waals surface area contributed by atoms with Crippen molar-refractivity contribution in [3.05, 3.63) is 12.7 Å². The average molecular weight is 312 g/mol. The van der Waals surface area contributed by atoms with Crippen LogP contribution in [0.3, 0.4) is 0 Å². The average Bonchev–Trinajstić information content (AvgIpc) is 2.49. The Morgan fingerprint density at radius 1 is 0.955 bits per heavy atom. The fraction of sp³-hybridized carbons (Fsp3) is 0.842. The Bertz CT molecular complexity index is 276. The quantitative estimate of drug-likeness (QED) is 0.299. The molecule has 0 fully saturated rings. The lowest BCUT2D eigenvalue weighted by Gasteiger charge is -2.15. The smallest absolute Gasteiger partial charge is 0.306 e. The van der Waals surface area contributed by atoms with Crippen LogP contribution in [0.5, 0.6) is 0 Å². The highest BCUT2D eigenvalue weighted by Crippen LogP contribution is 2.19. The molecule has 0 aliphatic carbocycles. The van der Waals surface area contributed by atoms with E-state index in [4.69, 9.17) is 0 Å². The van der Waals surface area contributed by atoms with E-state index in [1.54, 1.807) is 0 Å². The van der Waals surface area contributed by atoms with Gasteiger partial charge in [0.25, 0.3) is 0 Å². The highest BCUT2D eigenvalue weighted by Gasteiger charge is 2.18. The minimum Gasteiger partial charge on any atom is -0.481 e. The summed E-state index contributed by atoms with van der Waals surface area (Å²) in [5.41, 5.74) is 0. The predicted molar refractivity (Wildman–Crippen MR) is 93.0 cm³/mol. The van der Waals surface area contributed by atoms with Crippen molar-refractivity contribution in [3.63, 3.8) is 0 Å². The topological polar surface area (TPSA) is 57.5 Å². The SMILES string of the molecule is C=CCCCCCCC(CCC(O)CCCCCC)C(=O)O. The molecule has 0 aromatic heterocycles. The molecule has 0 bridgehead atoms. The number of carboxylic acids is 1. The van der Waals surface area contributed by atoms with Crippen LogP contribution in [-0.2, 0) is 4.79 Å². The van der Waals surface area contributed by atoms with Gasteiger partial charge in [-0.1, -0.05) is 57.9 Å². The van der Waals surface area contributed by atoms with Crippen molar-refractivity contribution in [2.75, 3.05) is 0 Å². The molecule has 0 aromatic carbocycles. The van der Waals surface area contributed by atoms with Gasteiger partial charge < -0.3 is 10.2 Å². The molecule has 0 heterocycles. The Morgan fingerprint density at radius 2 is 1.59 bits per heavy atom. The third kappa shape index (κ3) is 12.9. The van der Waals surface area contributed by atoms with E-state index in [-0.39, 0.29) is 12.0 Å². The van der Waals surface area contributed by atoms with Gasteiger partial charge in [-0.05, 0) is 38.5 Å². The molecule has 130 valence electrons. The van der Waals surface area contributed by atoms with Crippen LogP contribution in [0.15, 0.2) is 12.7 Å². The molecular weight excluding hydrogens is 276 g/mol. The van der Waals surface area contributed by atoms with Crippen LogP contribution in [0.1, 0.15) is 90.4 Å². The summed E-state index contributed by atoms with van der Waals surface area (Å²) < 4.78 is 0. The number of unbranched alkanes of at least 4 members (excludes halogenated alkanes) is 7. The van der Waals surface area contributed by atoms with E-state index in [0.29, 0.717) is 12.8 Å². The van der Waals surface area contributed by atoms with E-state index in [9.17, 15) is 15.0 Å². The van der Waals surface area contributed by atoms with Crippen LogP contribution in [0.25, 0.3) is 0 Å². The molecule has 0 aromatic rings. The van der Waals surface area contributed by atoms with Crippen molar-refractivity contribution < 1.29 is 15.0 Å². The first-order chi connectivity index (χ1) is 10.6. The van der Waals surface area contributed by atoms with Gasteiger partial charge in [-0.15, -0.1) is 6.58 Å². The summed E-state index contributed by atoms with van der Waals surface area (Å²) in [5.74, 6) is -0.992. The maximum atomic E-state index is 11.3.